The zero-order chi connectivity index (χ0) is 17.3. The molecule has 0 unspecified atom stereocenters. The summed E-state index contributed by atoms with van der Waals surface area (Å²) in [5, 5.41) is 0. The Hall–Kier alpha value is -2.76. The molecule has 6 nitrogen and oxygen atoms in total. The third-order valence-corrected chi connectivity index (χ3v) is 4.03. The summed E-state index contributed by atoms with van der Waals surface area (Å²) in [7, 11) is 1.31. The van der Waals surface area contributed by atoms with Gasteiger partial charge in [-0.3, -0.25) is 9.13 Å². The number of furan rings is 1. The fourth-order valence-electron chi connectivity index (χ4n) is 2.94. The van der Waals surface area contributed by atoms with Crippen LogP contribution in [0.3, 0.4) is 0 Å². The average molecular weight is 328 g/mol. The molecule has 0 saturated heterocycles. The van der Waals surface area contributed by atoms with Gasteiger partial charge in [0.1, 0.15) is 5.76 Å². The molecule has 0 atom stereocenters. The molecule has 0 aliphatic rings. The molecule has 6 heteroatoms. The van der Waals surface area contributed by atoms with Gasteiger partial charge in [0, 0.05) is 12.1 Å². The van der Waals surface area contributed by atoms with E-state index in [1.807, 2.05) is 31.2 Å². The van der Waals surface area contributed by atoms with Crippen molar-refractivity contribution in [2.45, 2.75) is 33.4 Å². The minimum atomic E-state index is -0.514. The van der Waals surface area contributed by atoms with Crippen molar-refractivity contribution in [3.8, 4) is 0 Å². The molecule has 1 aromatic carbocycles. The van der Waals surface area contributed by atoms with Crippen molar-refractivity contribution in [2.75, 3.05) is 7.11 Å². The van der Waals surface area contributed by atoms with Gasteiger partial charge in [0.15, 0.2) is 0 Å². The van der Waals surface area contributed by atoms with Gasteiger partial charge in [-0.25, -0.2) is 9.59 Å². The number of nitrogens with zero attached hydrogens (tertiary/aromatic N) is 2. The Balaban J connectivity index is 2.06. The molecule has 0 saturated carbocycles. The normalized spacial score (nSPS) is 11.1. The summed E-state index contributed by atoms with van der Waals surface area (Å²) < 4.78 is 13.7. The van der Waals surface area contributed by atoms with Crippen LogP contribution in [0.5, 0.6) is 0 Å². The lowest BCUT2D eigenvalue weighted by Crippen LogP contribution is -2.24. The van der Waals surface area contributed by atoms with Gasteiger partial charge in [0.05, 0.1) is 24.7 Å². The number of carbonyl (C=O) groups excluding carboxylic acids is 1. The maximum Gasteiger partial charge on any atom is 0.374 e. The van der Waals surface area contributed by atoms with Crippen molar-refractivity contribution in [2.24, 2.45) is 0 Å². The average Bonchev–Trinajstić information content (AvgIpc) is 3.08. The number of benzene rings is 1. The van der Waals surface area contributed by atoms with E-state index in [-0.39, 0.29) is 18.0 Å². The number of hydrogen-bond acceptors (Lipinski definition) is 4. The molecule has 3 aromatic rings. The lowest BCUT2D eigenvalue weighted by molar-refractivity contribution is 0.0561. The maximum atomic E-state index is 12.8. The number of aromatic nitrogens is 2. The fraction of sp³-hybridized carbons (Fsp3) is 0.333. The van der Waals surface area contributed by atoms with E-state index in [2.05, 4.69) is 0 Å². The minimum absolute atomic E-state index is 0.0771. The zero-order valence-electron chi connectivity index (χ0n) is 14.0. The van der Waals surface area contributed by atoms with Crippen LogP contribution in [0.4, 0.5) is 0 Å². The number of aryl methyl sites for hydroxylation is 2. The van der Waals surface area contributed by atoms with Gasteiger partial charge in [-0.1, -0.05) is 19.1 Å². The highest BCUT2D eigenvalue weighted by atomic mass is 16.5. The van der Waals surface area contributed by atoms with E-state index in [9.17, 15) is 9.59 Å². The molecule has 0 spiro atoms. The quantitative estimate of drug-likeness (QED) is 0.675. The van der Waals surface area contributed by atoms with Crippen molar-refractivity contribution in [1.82, 2.24) is 9.13 Å². The number of carbonyl (C=O) groups is 1. The molecule has 3 rings (SSSR count). The predicted octanol–water partition coefficient (Wildman–Crippen LogP) is 2.95. The Morgan fingerprint density at radius 2 is 1.88 bits per heavy atom. The number of esters is 1. The largest absolute Gasteiger partial charge is 0.463 e. The van der Waals surface area contributed by atoms with Crippen LogP contribution < -0.4 is 5.69 Å². The summed E-state index contributed by atoms with van der Waals surface area (Å²) in [6.45, 7) is 4.75. The molecular formula is C18H20N2O4. The standard InChI is InChI=1S/C18H20N2O4/c1-4-9-19-14-7-5-6-8-15(14)20(18(19)22)11-13-10-12(2)16(24-13)17(21)23-3/h5-8,10H,4,9,11H2,1-3H3. The van der Waals surface area contributed by atoms with Crippen LogP contribution >= 0.6 is 0 Å². The van der Waals surface area contributed by atoms with E-state index in [4.69, 9.17) is 9.15 Å². The maximum absolute atomic E-state index is 12.8. The van der Waals surface area contributed by atoms with Crippen molar-refractivity contribution >= 4 is 17.0 Å². The number of para-hydroxylation sites is 2. The molecule has 2 aromatic heterocycles. The smallest absolute Gasteiger partial charge is 0.374 e. The van der Waals surface area contributed by atoms with Gasteiger partial charge < -0.3 is 9.15 Å². The van der Waals surface area contributed by atoms with Crippen molar-refractivity contribution in [3.05, 3.63) is 57.9 Å². The van der Waals surface area contributed by atoms with Crippen molar-refractivity contribution in [1.29, 1.82) is 0 Å². The lowest BCUT2D eigenvalue weighted by atomic mass is 10.2. The minimum Gasteiger partial charge on any atom is -0.463 e. The molecule has 24 heavy (non-hydrogen) atoms. The predicted molar refractivity (Wildman–Crippen MR) is 90.4 cm³/mol. The molecule has 0 fully saturated rings. The van der Waals surface area contributed by atoms with Crippen LogP contribution in [0.1, 0.15) is 35.2 Å². The first kappa shape index (κ1) is 16.1. The number of imidazole rings is 1. The summed E-state index contributed by atoms with van der Waals surface area (Å²) in [6, 6.07) is 9.45. The number of rotatable bonds is 5. The van der Waals surface area contributed by atoms with Crippen LogP contribution in [0, 0.1) is 6.92 Å². The third kappa shape index (κ3) is 2.64. The second-order valence-corrected chi connectivity index (χ2v) is 5.73. The highest BCUT2D eigenvalue weighted by molar-refractivity contribution is 5.87. The summed E-state index contributed by atoms with van der Waals surface area (Å²) in [4.78, 5) is 24.4. The van der Waals surface area contributed by atoms with E-state index in [0.717, 1.165) is 17.5 Å². The second kappa shape index (κ2) is 6.39. The Labute approximate surface area is 139 Å². The van der Waals surface area contributed by atoms with Gasteiger partial charge in [-0.05, 0) is 31.5 Å². The number of fused-ring (bicyclic) bond motifs is 1. The molecule has 0 aliphatic heterocycles. The van der Waals surface area contributed by atoms with Gasteiger partial charge >= 0.3 is 11.7 Å². The van der Waals surface area contributed by atoms with Crippen LogP contribution in [-0.2, 0) is 17.8 Å². The summed E-state index contributed by atoms with van der Waals surface area (Å²) in [5.41, 5.74) is 2.37. The van der Waals surface area contributed by atoms with Gasteiger partial charge in [-0.2, -0.15) is 0 Å². The summed E-state index contributed by atoms with van der Waals surface area (Å²) in [5.74, 6) is 0.215. The zero-order valence-corrected chi connectivity index (χ0v) is 14.0. The Morgan fingerprint density at radius 3 is 2.50 bits per heavy atom. The molecular weight excluding hydrogens is 308 g/mol. The topological polar surface area (TPSA) is 66.4 Å². The Kier molecular flexibility index (Phi) is 4.29. The number of hydrogen-bond donors (Lipinski definition) is 0. The van der Waals surface area contributed by atoms with E-state index in [0.29, 0.717) is 17.9 Å². The van der Waals surface area contributed by atoms with Gasteiger partial charge in [0.2, 0.25) is 5.76 Å². The van der Waals surface area contributed by atoms with E-state index in [1.165, 1.54) is 7.11 Å². The molecule has 126 valence electrons. The number of methoxy groups -OCH3 is 1. The van der Waals surface area contributed by atoms with E-state index in [1.54, 1.807) is 22.1 Å². The van der Waals surface area contributed by atoms with Crippen LogP contribution in [-0.4, -0.2) is 22.2 Å². The molecule has 0 aliphatic carbocycles. The SMILES string of the molecule is CCCn1c(=O)n(Cc2cc(C)c(C(=O)OC)o2)c2ccccc21. The Bertz CT molecular complexity index is 946. The molecule has 0 N–H and O–H groups in total. The molecule has 0 radical (unpaired) electrons. The molecule has 2 heterocycles. The first-order chi connectivity index (χ1) is 11.6. The second-order valence-electron chi connectivity index (χ2n) is 5.73. The van der Waals surface area contributed by atoms with Crippen molar-refractivity contribution < 1.29 is 13.9 Å². The first-order valence-electron chi connectivity index (χ1n) is 7.92. The lowest BCUT2D eigenvalue weighted by Gasteiger charge is -2.00. The monoisotopic (exact) mass is 328 g/mol. The number of ether oxygens (including phenoxy) is 1. The van der Waals surface area contributed by atoms with Gasteiger partial charge in [-0.15, -0.1) is 0 Å². The van der Waals surface area contributed by atoms with E-state index >= 15 is 0 Å². The van der Waals surface area contributed by atoms with Gasteiger partial charge in [0.25, 0.3) is 0 Å². The van der Waals surface area contributed by atoms with Crippen LogP contribution in [0.2, 0.25) is 0 Å². The Morgan fingerprint density at radius 1 is 1.21 bits per heavy atom. The molecule has 0 amide bonds. The van der Waals surface area contributed by atoms with Crippen LogP contribution in [0.25, 0.3) is 11.0 Å². The van der Waals surface area contributed by atoms with Crippen molar-refractivity contribution in [3.63, 3.8) is 0 Å². The highest BCUT2D eigenvalue weighted by Crippen LogP contribution is 2.19. The van der Waals surface area contributed by atoms with E-state index < -0.39 is 5.97 Å². The van der Waals surface area contributed by atoms with Crippen LogP contribution in [0.15, 0.2) is 39.5 Å². The first-order valence-corrected chi connectivity index (χ1v) is 7.92. The highest BCUT2D eigenvalue weighted by Gasteiger charge is 2.18. The third-order valence-electron chi connectivity index (χ3n) is 4.03. The molecule has 0 bridgehead atoms. The fourth-order valence-corrected chi connectivity index (χ4v) is 2.94. The summed E-state index contributed by atoms with van der Waals surface area (Å²) in [6.07, 6.45) is 0.875. The summed E-state index contributed by atoms with van der Waals surface area (Å²) >= 11 is 0.